The van der Waals surface area contributed by atoms with Crippen LogP contribution in [-0.2, 0) is 9.53 Å². The van der Waals surface area contributed by atoms with Gasteiger partial charge in [-0.1, -0.05) is 0 Å². The van der Waals surface area contributed by atoms with E-state index < -0.39 is 11.8 Å². The van der Waals surface area contributed by atoms with Crippen LogP contribution in [0.2, 0.25) is 0 Å². The second-order valence-corrected chi connectivity index (χ2v) is 4.71. The number of ketones is 1. The Balaban J connectivity index is 1.70. The highest BCUT2D eigenvalue weighted by Gasteiger charge is 2.26. The van der Waals surface area contributed by atoms with Crippen LogP contribution in [-0.4, -0.2) is 24.6 Å². The molecule has 0 N–H and O–H groups in total. The van der Waals surface area contributed by atoms with Crippen LogP contribution in [0.15, 0.2) is 18.2 Å². The maximum absolute atomic E-state index is 12.0. The van der Waals surface area contributed by atoms with E-state index in [1.165, 1.54) is 6.07 Å². The molecule has 1 heterocycles. The fraction of sp³-hybridized carbons (Fsp3) is 0.429. The van der Waals surface area contributed by atoms with Gasteiger partial charge in [-0.25, -0.2) is 4.79 Å². The van der Waals surface area contributed by atoms with Gasteiger partial charge < -0.3 is 14.2 Å². The molecule has 0 radical (unpaired) electrons. The molecule has 100 valence electrons. The van der Waals surface area contributed by atoms with Crippen LogP contribution < -0.4 is 9.47 Å². The zero-order valence-electron chi connectivity index (χ0n) is 10.4. The molecule has 5 heteroatoms. The fourth-order valence-corrected chi connectivity index (χ4v) is 2.37. The van der Waals surface area contributed by atoms with Gasteiger partial charge in [-0.15, -0.1) is 0 Å². The Kier molecular flexibility index (Phi) is 3.11. The van der Waals surface area contributed by atoms with Gasteiger partial charge in [-0.3, -0.25) is 4.79 Å². The molecule has 19 heavy (non-hydrogen) atoms. The molecule has 3 rings (SSSR count). The van der Waals surface area contributed by atoms with Crippen molar-refractivity contribution in [1.29, 1.82) is 0 Å². The third kappa shape index (κ3) is 2.41. The third-order valence-corrected chi connectivity index (χ3v) is 3.40. The minimum atomic E-state index is -0.786. The van der Waals surface area contributed by atoms with Crippen LogP contribution in [0.4, 0.5) is 0 Å². The zero-order valence-corrected chi connectivity index (χ0v) is 10.4. The number of carbonyl (C=O) groups is 2. The SMILES string of the molecule is O=C(OC1CCCC1)C(=O)c1ccc2c(c1)OCO2. The zero-order chi connectivity index (χ0) is 13.2. The Morgan fingerprint density at radius 2 is 1.84 bits per heavy atom. The van der Waals surface area contributed by atoms with Crippen LogP contribution >= 0.6 is 0 Å². The van der Waals surface area contributed by atoms with Crippen molar-refractivity contribution in [2.45, 2.75) is 31.8 Å². The molecule has 0 spiro atoms. The Bertz CT molecular complexity index is 517. The lowest BCUT2D eigenvalue weighted by atomic mass is 10.1. The lowest BCUT2D eigenvalue weighted by molar-refractivity contribution is -0.142. The van der Waals surface area contributed by atoms with Gasteiger partial charge in [0.1, 0.15) is 6.10 Å². The second-order valence-electron chi connectivity index (χ2n) is 4.71. The maximum Gasteiger partial charge on any atom is 0.379 e. The second kappa shape index (κ2) is 4.91. The number of carbonyl (C=O) groups excluding carboxylic acids is 2. The van der Waals surface area contributed by atoms with E-state index in [0.717, 1.165) is 25.7 Å². The first-order valence-corrected chi connectivity index (χ1v) is 6.39. The highest BCUT2D eigenvalue weighted by molar-refractivity contribution is 6.40. The quantitative estimate of drug-likeness (QED) is 0.474. The van der Waals surface area contributed by atoms with E-state index in [1.807, 2.05) is 0 Å². The number of hydrogen-bond acceptors (Lipinski definition) is 5. The first kappa shape index (κ1) is 12.0. The van der Waals surface area contributed by atoms with Gasteiger partial charge in [0.25, 0.3) is 5.78 Å². The Morgan fingerprint density at radius 3 is 2.63 bits per heavy atom. The van der Waals surface area contributed by atoms with E-state index in [0.29, 0.717) is 11.5 Å². The van der Waals surface area contributed by atoms with Gasteiger partial charge in [0, 0.05) is 5.56 Å². The summed E-state index contributed by atoms with van der Waals surface area (Å²) in [6.45, 7) is 0.138. The molecule has 0 aromatic heterocycles. The summed E-state index contributed by atoms with van der Waals surface area (Å²) in [6.07, 6.45) is 3.69. The van der Waals surface area contributed by atoms with Crippen LogP contribution in [0.5, 0.6) is 11.5 Å². The predicted molar refractivity (Wildman–Crippen MR) is 65.2 cm³/mol. The molecule has 0 saturated heterocycles. The molecule has 1 saturated carbocycles. The van der Waals surface area contributed by atoms with Crippen LogP contribution in [0, 0.1) is 0 Å². The number of Topliss-reactive ketones (excluding diaryl/α,β-unsaturated/α-hetero) is 1. The average Bonchev–Trinajstić information content (AvgIpc) is 3.07. The van der Waals surface area contributed by atoms with Crippen LogP contribution in [0.3, 0.4) is 0 Å². The van der Waals surface area contributed by atoms with Crippen molar-refractivity contribution in [3.8, 4) is 11.5 Å². The van der Waals surface area contributed by atoms with Crippen LogP contribution in [0.25, 0.3) is 0 Å². The summed E-state index contributed by atoms with van der Waals surface area (Å²) in [7, 11) is 0. The summed E-state index contributed by atoms with van der Waals surface area (Å²) in [6, 6.07) is 4.69. The van der Waals surface area contributed by atoms with E-state index in [1.54, 1.807) is 12.1 Å². The summed E-state index contributed by atoms with van der Waals surface area (Å²) >= 11 is 0. The van der Waals surface area contributed by atoms with E-state index in [-0.39, 0.29) is 18.5 Å². The summed E-state index contributed by atoms with van der Waals surface area (Å²) in [5, 5.41) is 0. The molecule has 1 fully saturated rings. The molecular weight excluding hydrogens is 248 g/mol. The van der Waals surface area contributed by atoms with Crippen molar-refractivity contribution in [2.75, 3.05) is 6.79 Å². The van der Waals surface area contributed by atoms with Gasteiger partial charge in [0.2, 0.25) is 6.79 Å². The standard InChI is InChI=1S/C14H14O5/c15-13(14(16)19-10-3-1-2-4-10)9-5-6-11-12(7-9)18-8-17-11/h5-7,10H,1-4,8H2. The third-order valence-electron chi connectivity index (χ3n) is 3.40. The topological polar surface area (TPSA) is 61.8 Å². The van der Waals surface area contributed by atoms with E-state index >= 15 is 0 Å². The van der Waals surface area contributed by atoms with Gasteiger partial charge >= 0.3 is 5.97 Å². The number of fused-ring (bicyclic) bond motifs is 1. The molecule has 0 atom stereocenters. The van der Waals surface area contributed by atoms with Crippen molar-refractivity contribution in [3.63, 3.8) is 0 Å². The van der Waals surface area contributed by atoms with Gasteiger partial charge in [0.05, 0.1) is 0 Å². The number of benzene rings is 1. The lowest BCUT2D eigenvalue weighted by Crippen LogP contribution is -2.22. The average molecular weight is 262 g/mol. The Morgan fingerprint density at radius 1 is 1.11 bits per heavy atom. The Labute approximate surface area is 110 Å². The highest BCUT2D eigenvalue weighted by Crippen LogP contribution is 2.32. The van der Waals surface area contributed by atoms with E-state index in [2.05, 4.69) is 0 Å². The summed E-state index contributed by atoms with van der Waals surface area (Å²) in [4.78, 5) is 23.7. The molecule has 1 aromatic carbocycles. The van der Waals surface area contributed by atoms with Crippen molar-refractivity contribution >= 4 is 11.8 Å². The largest absolute Gasteiger partial charge is 0.456 e. The normalized spacial score (nSPS) is 17.5. The molecule has 5 nitrogen and oxygen atoms in total. The van der Waals surface area contributed by atoms with E-state index in [9.17, 15) is 9.59 Å². The smallest absolute Gasteiger partial charge is 0.379 e. The fourth-order valence-electron chi connectivity index (χ4n) is 2.37. The molecule has 2 aliphatic rings. The van der Waals surface area contributed by atoms with Crippen molar-refractivity contribution in [3.05, 3.63) is 23.8 Å². The summed E-state index contributed by atoms with van der Waals surface area (Å²) in [5.41, 5.74) is 0.271. The first-order valence-electron chi connectivity index (χ1n) is 6.39. The predicted octanol–water partition coefficient (Wildman–Crippen LogP) is 2.08. The summed E-state index contributed by atoms with van der Waals surface area (Å²) in [5.74, 6) is -0.351. The maximum atomic E-state index is 12.0. The minimum Gasteiger partial charge on any atom is -0.456 e. The Hall–Kier alpha value is -2.04. The highest BCUT2D eigenvalue weighted by atomic mass is 16.7. The lowest BCUT2D eigenvalue weighted by Gasteiger charge is -2.10. The molecule has 0 amide bonds. The van der Waals surface area contributed by atoms with Crippen LogP contribution in [0.1, 0.15) is 36.0 Å². The number of rotatable bonds is 3. The molecule has 1 aliphatic heterocycles. The van der Waals surface area contributed by atoms with Gasteiger partial charge in [-0.05, 0) is 43.9 Å². The summed E-state index contributed by atoms with van der Waals surface area (Å²) < 4.78 is 15.5. The van der Waals surface area contributed by atoms with Crippen molar-refractivity contribution in [1.82, 2.24) is 0 Å². The molecule has 0 unspecified atom stereocenters. The monoisotopic (exact) mass is 262 g/mol. The first-order chi connectivity index (χ1) is 9.24. The molecule has 0 bridgehead atoms. The molecule has 1 aromatic rings. The van der Waals surface area contributed by atoms with E-state index in [4.69, 9.17) is 14.2 Å². The van der Waals surface area contributed by atoms with Crippen molar-refractivity contribution in [2.24, 2.45) is 0 Å². The molecule has 1 aliphatic carbocycles. The van der Waals surface area contributed by atoms with Gasteiger partial charge in [0.15, 0.2) is 11.5 Å². The number of esters is 1. The van der Waals surface area contributed by atoms with Crippen molar-refractivity contribution < 1.29 is 23.8 Å². The minimum absolute atomic E-state index is 0.106. The van der Waals surface area contributed by atoms with Gasteiger partial charge in [-0.2, -0.15) is 0 Å². The number of ether oxygens (including phenoxy) is 3. The number of hydrogen-bond donors (Lipinski definition) is 0. The molecular formula is C14H14O5.